The summed E-state index contributed by atoms with van der Waals surface area (Å²) in [5.41, 5.74) is -0.480. The van der Waals surface area contributed by atoms with Crippen LogP contribution in [0.4, 0.5) is 17.6 Å². The summed E-state index contributed by atoms with van der Waals surface area (Å²) in [7, 11) is -2.44. The van der Waals surface area contributed by atoms with E-state index in [1.165, 1.54) is 26.0 Å². The smallest absolute Gasteiger partial charge is 0.247 e. The first-order chi connectivity index (χ1) is 9.18. The summed E-state index contributed by atoms with van der Waals surface area (Å²) >= 11 is 0. The fraction of sp³-hybridized carbons (Fsp3) is 0.429. The number of halogens is 4. The van der Waals surface area contributed by atoms with Gasteiger partial charge in [0.1, 0.15) is 10.8 Å². The monoisotopic (exact) mass is 308 g/mol. The number of aryl methyl sites for hydroxylation is 1. The van der Waals surface area contributed by atoms with Crippen molar-refractivity contribution in [1.82, 2.24) is 0 Å². The number of benzene rings is 1. The lowest BCUT2D eigenvalue weighted by Crippen LogP contribution is -2.20. The molecule has 0 saturated heterocycles. The topological polar surface area (TPSA) is 17.1 Å². The van der Waals surface area contributed by atoms with Crippen LogP contribution in [0.1, 0.15) is 25.8 Å². The standard InChI is InChI=1S/C14H16F4OS/c1-4-10(3)12(14(16,17)18)13(15)20(19)11-7-5-9(2)6-8-11/h5-8,10H,4H2,1-3H3/b13-12+. The summed E-state index contributed by atoms with van der Waals surface area (Å²) in [6.45, 7) is 4.58. The number of hydrogen-bond donors (Lipinski definition) is 0. The Kier molecular flexibility index (Phi) is 5.50. The highest BCUT2D eigenvalue weighted by atomic mass is 32.2. The fourth-order valence-corrected chi connectivity index (χ4v) is 2.76. The first-order valence-electron chi connectivity index (χ1n) is 6.13. The third-order valence-electron chi connectivity index (χ3n) is 3.02. The molecule has 0 aliphatic heterocycles. The van der Waals surface area contributed by atoms with Crippen molar-refractivity contribution < 1.29 is 21.8 Å². The predicted molar refractivity (Wildman–Crippen MR) is 71.2 cm³/mol. The number of rotatable bonds is 4. The Hall–Kier alpha value is -1.17. The molecule has 0 radical (unpaired) electrons. The summed E-state index contributed by atoms with van der Waals surface area (Å²) in [5.74, 6) is -1.04. The maximum Gasteiger partial charge on any atom is 0.416 e. The molecule has 0 aliphatic rings. The van der Waals surface area contributed by atoms with Crippen molar-refractivity contribution in [2.45, 2.75) is 38.3 Å². The van der Waals surface area contributed by atoms with Crippen molar-refractivity contribution in [3.63, 3.8) is 0 Å². The van der Waals surface area contributed by atoms with Gasteiger partial charge in [0.05, 0.1) is 5.57 Å². The lowest BCUT2D eigenvalue weighted by Gasteiger charge is -2.18. The maximum atomic E-state index is 14.0. The first-order valence-corrected chi connectivity index (χ1v) is 7.28. The van der Waals surface area contributed by atoms with Gasteiger partial charge in [0.15, 0.2) is 5.16 Å². The second-order valence-corrected chi connectivity index (χ2v) is 5.94. The second-order valence-electron chi connectivity index (χ2n) is 4.58. The maximum absolute atomic E-state index is 14.0. The Bertz CT molecular complexity index is 517. The molecule has 112 valence electrons. The van der Waals surface area contributed by atoms with Crippen LogP contribution in [0.5, 0.6) is 0 Å². The van der Waals surface area contributed by atoms with E-state index in [1.54, 1.807) is 19.1 Å². The summed E-state index contributed by atoms with van der Waals surface area (Å²) in [4.78, 5) is 0.0261. The zero-order valence-corrected chi connectivity index (χ0v) is 12.2. The van der Waals surface area contributed by atoms with Crippen LogP contribution >= 0.6 is 0 Å². The van der Waals surface area contributed by atoms with Crippen LogP contribution in [0, 0.1) is 12.8 Å². The molecule has 1 rings (SSSR count). The molecule has 0 aromatic heterocycles. The van der Waals surface area contributed by atoms with Gasteiger partial charge in [-0.1, -0.05) is 31.5 Å². The summed E-state index contributed by atoms with van der Waals surface area (Å²) in [6.07, 6.45) is -4.70. The Morgan fingerprint density at radius 3 is 2.15 bits per heavy atom. The van der Waals surface area contributed by atoms with Crippen molar-refractivity contribution in [2.75, 3.05) is 0 Å². The molecular weight excluding hydrogens is 292 g/mol. The Morgan fingerprint density at radius 1 is 1.25 bits per heavy atom. The third-order valence-corrected chi connectivity index (χ3v) is 4.27. The third kappa shape index (κ3) is 3.91. The largest absolute Gasteiger partial charge is 0.416 e. The molecule has 1 nitrogen and oxygen atoms in total. The van der Waals surface area contributed by atoms with Crippen LogP contribution in [0.3, 0.4) is 0 Å². The minimum Gasteiger partial charge on any atom is -0.247 e. The van der Waals surface area contributed by atoms with E-state index in [4.69, 9.17) is 0 Å². The Morgan fingerprint density at radius 2 is 1.75 bits per heavy atom. The van der Waals surface area contributed by atoms with Crippen molar-refractivity contribution in [1.29, 1.82) is 0 Å². The molecule has 0 bridgehead atoms. The Balaban J connectivity index is 3.28. The lowest BCUT2D eigenvalue weighted by atomic mass is 9.99. The van der Waals surface area contributed by atoms with E-state index in [-0.39, 0.29) is 11.3 Å². The molecule has 0 aliphatic carbocycles. The van der Waals surface area contributed by atoms with E-state index >= 15 is 0 Å². The van der Waals surface area contributed by atoms with Gasteiger partial charge in [-0.3, -0.25) is 0 Å². The molecule has 1 aromatic carbocycles. The Labute approximate surface area is 118 Å². The normalized spacial score (nSPS) is 16.6. The molecule has 0 saturated carbocycles. The second kappa shape index (κ2) is 6.52. The van der Waals surface area contributed by atoms with Crippen LogP contribution in [-0.2, 0) is 10.8 Å². The zero-order valence-electron chi connectivity index (χ0n) is 11.4. The molecule has 2 atom stereocenters. The summed E-state index contributed by atoms with van der Waals surface area (Å²) < 4.78 is 64.7. The van der Waals surface area contributed by atoms with Crippen LogP contribution in [-0.4, -0.2) is 10.4 Å². The van der Waals surface area contributed by atoms with Gasteiger partial charge < -0.3 is 0 Å². The van der Waals surface area contributed by atoms with Gasteiger partial charge in [0.25, 0.3) is 0 Å². The van der Waals surface area contributed by atoms with E-state index in [9.17, 15) is 21.8 Å². The van der Waals surface area contributed by atoms with Crippen molar-refractivity contribution in [2.24, 2.45) is 5.92 Å². The van der Waals surface area contributed by atoms with Gasteiger partial charge in [-0.2, -0.15) is 17.6 Å². The van der Waals surface area contributed by atoms with E-state index in [0.717, 1.165) is 5.56 Å². The lowest BCUT2D eigenvalue weighted by molar-refractivity contribution is -0.0999. The molecule has 0 N–H and O–H groups in total. The number of hydrogen-bond acceptors (Lipinski definition) is 1. The van der Waals surface area contributed by atoms with E-state index in [1.807, 2.05) is 0 Å². The van der Waals surface area contributed by atoms with E-state index < -0.39 is 33.6 Å². The van der Waals surface area contributed by atoms with Gasteiger partial charge >= 0.3 is 6.18 Å². The molecule has 2 unspecified atom stereocenters. The molecule has 0 heterocycles. The quantitative estimate of drug-likeness (QED) is 0.724. The van der Waals surface area contributed by atoms with E-state index in [2.05, 4.69) is 0 Å². The predicted octanol–water partition coefficient (Wildman–Crippen LogP) is 4.89. The van der Waals surface area contributed by atoms with Crippen LogP contribution in [0.2, 0.25) is 0 Å². The van der Waals surface area contributed by atoms with Gasteiger partial charge in [0.2, 0.25) is 0 Å². The van der Waals surface area contributed by atoms with E-state index in [0.29, 0.717) is 0 Å². The van der Waals surface area contributed by atoms with Crippen LogP contribution in [0.15, 0.2) is 39.9 Å². The van der Waals surface area contributed by atoms with Crippen molar-refractivity contribution in [3.05, 3.63) is 40.6 Å². The molecule has 6 heteroatoms. The molecule has 0 spiro atoms. The minimum atomic E-state index is -4.82. The highest BCUT2D eigenvalue weighted by molar-refractivity contribution is 7.88. The van der Waals surface area contributed by atoms with Gasteiger partial charge in [0, 0.05) is 4.90 Å². The average Bonchev–Trinajstić information content (AvgIpc) is 2.37. The van der Waals surface area contributed by atoms with Crippen molar-refractivity contribution in [3.8, 4) is 0 Å². The fourth-order valence-electron chi connectivity index (χ4n) is 1.65. The highest BCUT2D eigenvalue weighted by Gasteiger charge is 2.41. The average molecular weight is 308 g/mol. The summed E-state index contributed by atoms with van der Waals surface area (Å²) in [6, 6.07) is 5.90. The molecule has 0 amide bonds. The van der Waals surface area contributed by atoms with Crippen LogP contribution in [0.25, 0.3) is 0 Å². The van der Waals surface area contributed by atoms with Crippen molar-refractivity contribution >= 4 is 10.8 Å². The number of allylic oxidation sites excluding steroid dienone is 1. The van der Waals surface area contributed by atoms with Crippen LogP contribution < -0.4 is 0 Å². The molecule has 1 aromatic rings. The van der Waals surface area contributed by atoms with Gasteiger partial charge in [-0.05, 0) is 31.4 Å². The van der Waals surface area contributed by atoms with Gasteiger partial charge in [-0.25, -0.2) is 4.21 Å². The SMILES string of the molecule is CCC(C)/C(=C(/F)S(=O)c1ccc(C)cc1)C(F)(F)F. The minimum absolute atomic E-state index is 0.0261. The molecular formula is C14H16F4OS. The summed E-state index contributed by atoms with van der Waals surface area (Å²) in [5, 5.41) is -1.60. The molecule has 0 fully saturated rings. The van der Waals surface area contributed by atoms with Gasteiger partial charge in [-0.15, -0.1) is 0 Å². The molecule has 20 heavy (non-hydrogen) atoms. The number of alkyl halides is 3. The zero-order chi connectivity index (χ0) is 15.5. The highest BCUT2D eigenvalue weighted by Crippen LogP contribution is 2.37. The first kappa shape index (κ1) is 16.9.